The van der Waals surface area contributed by atoms with E-state index < -0.39 is 0 Å². The van der Waals surface area contributed by atoms with Crippen molar-refractivity contribution >= 4 is 0 Å². The summed E-state index contributed by atoms with van der Waals surface area (Å²) >= 11 is 0. The fourth-order valence-corrected chi connectivity index (χ4v) is 1.92. The minimum absolute atomic E-state index is 0.371. The van der Waals surface area contributed by atoms with E-state index in [0.717, 1.165) is 23.6 Å². The SMILES string of the molecule is C(#Cc1ccccc1)COc1ccc(CNC2CC2)nc1. The number of rotatable bonds is 5. The van der Waals surface area contributed by atoms with Crippen molar-refractivity contribution in [2.75, 3.05) is 6.61 Å². The summed E-state index contributed by atoms with van der Waals surface area (Å²) in [5.41, 5.74) is 2.05. The normalized spacial score (nSPS) is 13.3. The standard InChI is InChI=1S/C18H18N2O/c1-2-5-15(6-3-1)7-4-12-21-18-11-10-17(20-14-18)13-19-16-8-9-16/h1-3,5-6,10-11,14,16,19H,8-9,12-13H2. The molecule has 0 saturated heterocycles. The van der Waals surface area contributed by atoms with Crippen molar-refractivity contribution in [3.63, 3.8) is 0 Å². The second kappa shape index (κ2) is 6.92. The molecule has 0 aliphatic heterocycles. The van der Waals surface area contributed by atoms with Crippen LogP contribution in [0.5, 0.6) is 5.75 Å². The molecule has 1 aromatic heterocycles. The quantitative estimate of drug-likeness (QED) is 0.854. The molecule has 1 aliphatic rings. The molecule has 1 N–H and O–H groups in total. The van der Waals surface area contributed by atoms with Gasteiger partial charge in [-0.3, -0.25) is 4.98 Å². The molecule has 3 heteroatoms. The van der Waals surface area contributed by atoms with Gasteiger partial charge in [0.25, 0.3) is 0 Å². The summed E-state index contributed by atoms with van der Waals surface area (Å²) in [6.45, 7) is 1.20. The molecule has 0 bridgehead atoms. The van der Waals surface area contributed by atoms with Gasteiger partial charge in [0.2, 0.25) is 0 Å². The van der Waals surface area contributed by atoms with Crippen molar-refractivity contribution in [2.45, 2.75) is 25.4 Å². The van der Waals surface area contributed by atoms with Crippen LogP contribution in [0.3, 0.4) is 0 Å². The molecule has 1 aliphatic carbocycles. The van der Waals surface area contributed by atoms with Crippen molar-refractivity contribution in [3.8, 4) is 17.6 Å². The Kier molecular flexibility index (Phi) is 4.50. The van der Waals surface area contributed by atoms with E-state index in [9.17, 15) is 0 Å². The number of nitrogens with one attached hydrogen (secondary N) is 1. The first kappa shape index (κ1) is 13.7. The first-order valence-electron chi connectivity index (χ1n) is 7.25. The van der Waals surface area contributed by atoms with Crippen molar-refractivity contribution in [1.29, 1.82) is 0 Å². The minimum atomic E-state index is 0.371. The molecule has 0 unspecified atom stereocenters. The Labute approximate surface area is 125 Å². The number of ether oxygens (including phenoxy) is 1. The third-order valence-electron chi connectivity index (χ3n) is 3.26. The Morgan fingerprint density at radius 1 is 1.14 bits per heavy atom. The fraction of sp³-hybridized carbons (Fsp3) is 0.278. The number of nitrogens with zero attached hydrogens (tertiary/aromatic N) is 1. The monoisotopic (exact) mass is 278 g/mol. The zero-order valence-electron chi connectivity index (χ0n) is 11.9. The fourth-order valence-electron chi connectivity index (χ4n) is 1.92. The summed E-state index contributed by atoms with van der Waals surface area (Å²) in [5, 5.41) is 3.44. The number of hydrogen-bond donors (Lipinski definition) is 1. The van der Waals surface area contributed by atoms with Crippen LogP contribution < -0.4 is 10.1 Å². The Balaban J connectivity index is 1.45. The van der Waals surface area contributed by atoms with Crippen molar-refractivity contribution in [3.05, 3.63) is 59.9 Å². The lowest BCUT2D eigenvalue weighted by atomic mass is 10.2. The number of aromatic nitrogens is 1. The van der Waals surface area contributed by atoms with Crippen LogP contribution in [0, 0.1) is 11.8 Å². The summed E-state index contributed by atoms with van der Waals surface area (Å²) in [7, 11) is 0. The number of hydrogen-bond acceptors (Lipinski definition) is 3. The maximum absolute atomic E-state index is 5.56. The van der Waals surface area contributed by atoms with Gasteiger partial charge >= 0.3 is 0 Å². The highest BCUT2D eigenvalue weighted by atomic mass is 16.5. The predicted molar refractivity (Wildman–Crippen MR) is 82.9 cm³/mol. The number of pyridine rings is 1. The van der Waals surface area contributed by atoms with E-state index in [1.165, 1.54) is 12.8 Å². The lowest BCUT2D eigenvalue weighted by molar-refractivity contribution is 0.368. The van der Waals surface area contributed by atoms with E-state index in [1.54, 1.807) is 6.20 Å². The lowest BCUT2D eigenvalue weighted by Gasteiger charge is -2.04. The van der Waals surface area contributed by atoms with E-state index in [-0.39, 0.29) is 0 Å². The Hall–Kier alpha value is -2.31. The molecule has 3 nitrogen and oxygen atoms in total. The van der Waals surface area contributed by atoms with Gasteiger partial charge in [0, 0.05) is 18.2 Å². The van der Waals surface area contributed by atoms with Crippen molar-refractivity contribution < 1.29 is 4.74 Å². The van der Waals surface area contributed by atoms with Gasteiger partial charge in [0.1, 0.15) is 12.4 Å². The van der Waals surface area contributed by atoms with Crippen LogP contribution in [0.1, 0.15) is 24.1 Å². The molecule has 106 valence electrons. The van der Waals surface area contributed by atoms with Crippen molar-refractivity contribution in [2.24, 2.45) is 0 Å². The van der Waals surface area contributed by atoms with Crippen molar-refractivity contribution in [1.82, 2.24) is 10.3 Å². The molecule has 0 atom stereocenters. The first-order valence-corrected chi connectivity index (χ1v) is 7.25. The molecule has 21 heavy (non-hydrogen) atoms. The molecule has 0 spiro atoms. The molecule has 1 fully saturated rings. The van der Waals surface area contributed by atoms with E-state index >= 15 is 0 Å². The zero-order chi connectivity index (χ0) is 14.3. The summed E-state index contributed by atoms with van der Waals surface area (Å²) in [5.74, 6) is 6.82. The van der Waals surface area contributed by atoms with Gasteiger partial charge in [0.05, 0.1) is 11.9 Å². The van der Waals surface area contributed by atoms with Gasteiger partial charge in [-0.05, 0) is 37.1 Å². The van der Waals surface area contributed by atoms with Crippen LogP contribution >= 0.6 is 0 Å². The van der Waals surface area contributed by atoms with Crippen LogP contribution in [0.2, 0.25) is 0 Å². The predicted octanol–water partition coefficient (Wildman–Crippen LogP) is 2.76. The molecule has 1 heterocycles. The second-order valence-electron chi connectivity index (χ2n) is 5.10. The Morgan fingerprint density at radius 3 is 2.71 bits per heavy atom. The maximum Gasteiger partial charge on any atom is 0.149 e. The molecule has 3 rings (SSSR count). The molecule has 0 radical (unpaired) electrons. The first-order chi connectivity index (χ1) is 10.4. The third-order valence-corrected chi connectivity index (χ3v) is 3.26. The van der Waals surface area contributed by atoms with Gasteiger partial charge in [-0.1, -0.05) is 30.0 Å². The maximum atomic E-state index is 5.56. The van der Waals surface area contributed by atoms with Gasteiger partial charge < -0.3 is 10.1 Å². The average molecular weight is 278 g/mol. The molecule has 1 aromatic carbocycles. The second-order valence-corrected chi connectivity index (χ2v) is 5.10. The molecule has 1 saturated carbocycles. The van der Waals surface area contributed by atoms with Gasteiger partial charge in [-0.25, -0.2) is 0 Å². The lowest BCUT2D eigenvalue weighted by Crippen LogP contribution is -2.16. The largest absolute Gasteiger partial charge is 0.479 e. The van der Waals surface area contributed by atoms with Crippen LogP contribution in [-0.2, 0) is 6.54 Å². The van der Waals surface area contributed by atoms with Gasteiger partial charge in [-0.2, -0.15) is 0 Å². The molecular formula is C18H18N2O. The Morgan fingerprint density at radius 2 is 2.00 bits per heavy atom. The smallest absolute Gasteiger partial charge is 0.149 e. The highest BCUT2D eigenvalue weighted by Gasteiger charge is 2.19. The average Bonchev–Trinajstić information content (AvgIpc) is 3.36. The highest BCUT2D eigenvalue weighted by molar-refractivity contribution is 5.33. The van der Waals surface area contributed by atoms with E-state index in [0.29, 0.717) is 12.6 Å². The molecule has 2 aromatic rings. The third kappa shape index (κ3) is 4.62. The summed E-state index contributed by atoms with van der Waals surface area (Å²) < 4.78 is 5.56. The van der Waals surface area contributed by atoms with E-state index in [1.807, 2.05) is 42.5 Å². The topological polar surface area (TPSA) is 34.1 Å². The van der Waals surface area contributed by atoms with Crippen LogP contribution in [0.4, 0.5) is 0 Å². The van der Waals surface area contributed by atoms with Crippen LogP contribution in [0.25, 0.3) is 0 Å². The van der Waals surface area contributed by atoms with Gasteiger partial charge in [0.15, 0.2) is 0 Å². The van der Waals surface area contributed by atoms with Crippen LogP contribution in [-0.4, -0.2) is 17.6 Å². The zero-order valence-corrected chi connectivity index (χ0v) is 11.9. The summed E-state index contributed by atoms with van der Waals surface area (Å²) in [4.78, 5) is 4.38. The summed E-state index contributed by atoms with van der Waals surface area (Å²) in [6.07, 6.45) is 4.34. The van der Waals surface area contributed by atoms with Crippen LogP contribution in [0.15, 0.2) is 48.7 Å². The highest BCUT2D eigenvalue weighted by Crippen LogP contribution is 2.19. The molecule has 0 amide bonds. The molecular weight excluding hydrogens is 260 g/mol. The minimum Gasteiger partial charge on any atom is -0.479 e. The van der Waals surface area contributed by atoms with E-state index in [4.69, 9.17) is 4.74 Å². The summed E-state index contributed by atoms with van der Waals surface area (Å²) in [6, 6.07) is 14.5. The van der Waals surface area contributed by atoms with E-state index in [2.05, 4.69) is 22.1 Å². The van der Waals surface area contributed by atoms with Gasteiger partial charge in [-0.15, -0.1) is 0 Å². The number of benzene rings is 1. The Bertz CT molecular complexity index is 622.